The number of methoxy groups -OCH3 is 3. The fourth-order valence-corrected chi connectivity index (χ4v) is 1.16. The smallest absolute Gasteiger partial charge is 0.308 e. The summed E-state index contributed by atoms with van der Waals surface area (Å²) >= 11 is 0. The highest BCUT2D eigenvalue weighted by atomic mass is 16.8. The molecule has 0 saturated heterocycles. The first kappa shape index (κ1) is 16.8. The number of esters is 2. The lowest BCUT2D eigenvalue weighted by molar-refractivity contribution is -0.293. The molecule has 0 aliphatic carbocycles. The predicted octanol–water partition coefficient (Wildman–Crippen LogP) is 0.464. The molecular formula is C11H20O7. The van der Waals surface area contributed by atoms with Crippen LogP contribution in [0.5, 0.6) is 0 Å². The summed E-state index contributed by atoms with van der Waals surface area (Å²) in [6, 6.07) is 0. The van der Waals surface area contributed by atoms with Crippen molar-refractivity contribution in [2.24, 2.45) is 0 Å². The summed E-state index contributed by atoms with van der Waals surface area (Å²) in [6.07, 6.45) is -0.891. The van der Waals surface area contributed by atoms with E-state index in [1.807, 2.05) is 0 Å². The van der Waals surface area contributed by atoms with Gasteiger partial charge in [0.05, 0.1) is 33.2 Å². The van der Waals surface area contributed by atoms with Crippen molar-refractivity contribution >= 4 is 11.9 Å². The normalized spacial score (nSPS) is 12.3. The molecular weight excluding hydrogens is 244 g/mol. The molecule has 0 fully saturated rings. The van der Waals surface area contributed by atoms with Crippen LogP contribution < -0.4 is 0 Å². The van der Waals surface area contributed by atoms with Crippen molar-refractivity contribution in [2.45, 2.75) is 32.3 Å². The van der Waals surface area contributed by atoms with Gasteiger partial charge in [0.1, 0.15) is 0 Å². The van der Waals surface area contributed by atoms with E-state index in [9.17, 15) is 9.59 Å². The van der Waals surface area contributed by atoms with Crippen LogP contribution >= 0.6 is 0 Å². The van der Waals surface area contributed by atoms with E-state index in [0.717, 1.165) is 0 Å². The maximum atomic E-state index is 11.2. The molecule has 0 heterocycles. The van der Waals surface area contributed by atoms with E-state index >= 15 is 0 Å². The Bertz CT molecular complexity index is 236. The molecule has 0 aliphatic rings. The Kier molecular flexibility index (Phi) is 9.17. The summed E-state index contributed by atoms with van der Waals surface area (Å²) in [5.74, 6) is -0.981. The molecule has 0 aromatic carbocycles. The van der Waals surface area contributed by atoms with Crippen molar-refractivity contribution in [3.63, 3.8) is 0 Å². The van der Waals surface area contributed by atoms with Gasteiger partial charge < -0.3 is 23.7 Å². The first-order chi connectivity index (χ1) is 8.57. The quantitative estimate of drug-likeness (QED) is 0.442. The summed E-state index contributed by atoms with van der Waals surface area (Å²) in [5.41, 5.74) is 0. The van der Waals surface area contributed by atoms with Crippen molar-refractivity contribution < 1.29 is 33.3 Å². The molecule has 0 amide bonds. The van der Waals surface area contributed by atoms with Crippen molar-refractivity contribution in [1.29, 1.82) is 0 Å². The molecule has 7 heteroatoms. The fraction of sp³-hybridized carbons (Fsp3) is 0.818. The summed E-state index contributed by atoms with van der Waals surface area (Å²) in [6.45, 7) is 1.21. The van der Waals surface area contributed by atoms with E-state index < -0.39 is 24.5 Å². The summed E-state index contributed by atoms with van der Waals surface area (Å²) < 4.78 is 24.4. The van der Waals surface area contributed by atoms with Crippen LogP contribution in [0, 0.1) is 0 Å². The summed E-state index contributed by atoms with van der Waals surface area (Å²) in [7, 11) is 3.91. The number of carbonyl (C=O) groups excluding carboxylic acids is 2. The zero-order valence-corrected chi connectivity index (χ0v) is 11.1. The predicted molar refractivity (Wildman–Crippen MR) is 60.6 cm³/mol. The Morgan fingerprint density at radius 3 is 1.83 bits per heavy atom. The number of hydrogen-bond acceptors (Lipinski definition) is 7. The fourth-order valence-electron chi connectivity index (χ4n) is 1.16. The van der Waals surface area contributed by atoms with Crippen LogP contribution in [-0.4, -0.2) is 52.5 Å². The van der Waals surface area contributed by atoms with E-state index in [1.165, 1.54) is 21.3 Å². The van der Waals surface area contributed by atoms with Crippen molar-refractivity contribution in [2.75, 3.05) is 27.9 Å². The highest BCUT2D eigenvalue weighted by molar-refractivity contribution is 5.73. The number of carbonyl (C=O) groups is 2. The SMILES string of the molecule is CCOC(OC)OC(CC(=O)OC)CC(=O)OC. The first-order valence-corrected chi connectivity index (χ1v) is 5.50. The molecule has 0 bridgehead atoms. The molecule has 106 valence electrons. The molecule has 0 aliphatic heterocycles. The first-order valence-electron chi connectivity index (χ1n) is 5.50. The monoisotopic (exact) mass is 264 g/mol. The van der Waals surface area contributed by atoms with Gasteiger partial charge in [0.25, 0.3) is 6.48 Å². The lowest BCUT2D eigenvalue weighted by Crippen LogP contribution is -2.30. The average Bonchev–Trinajstić information content (AvgIpc) is 2.37. The topological polar surface area (TPSA) is 80.3 Å². The molecule has 1 unspecified atom stereocenters. The zero-order chi connectivity index (χ0) is 14.0. The Morgan fingerprint density at radius 2 is 1.50 bits per heavy atom. The van der Waals surface area contributed by atoms with E-state index in [2.05, 4.69) is 9.47 Å². The Balaban J connectivity index is 4.43. The van der Waals surface area contributed by atoms with Gasteiger partial charge in [-0.05, 0) is 6.92 Å². The third-order valence-electron chi connectivity index (χ3n) is 2.04. The van der Waals surface area contributed by atoms with Crippen LogP contribution in [0.25, 0.3) is 0 Å². The number of rotatable bonds is 9. The maximum Gasteiger partial charge on any atom is 0.308 e. The molecule has 0 radical (unpaired) electrons. The molecule has 7 nitrogen and oxygen atoms in total. The number of hydrogen-bond donors (Lipinski definition) is 0. The van der Waals surface area contributed by atoms with Crippen molar-refractivity contribution in [3.8, 4) is 0 Å². The van der Waals surface area contributed by atoms with Gasteiger partial charge in [-0.2, -0.15) is 0 Å². The Morgan fingerprint density at radius 1 is 1.00 bits per heavy atom. The van der Waals surface area contributed by atoms with E-state index in [1.54, 1.807) is 6.92 Å². The standard InChI is InChI=1S/C11H20O7/c1-5-17-11(16-4)18-8(6-9(12)14-2)7-10(13)15-3/h8,11H,5-7H2,1-4H3. The Labute approximate surface area is 106 Å². The van der Waals surface area contributed by atoms with Gasteiger partial charge in [-0.1, -0.05) is 0 Å². The molecule has 0 rings (SSSR count). The number of ether oxygens (including phenoxy) is 5. The summed E-state index contributed by atoms with van der Waals surface area (Å²) in [5, 5.41) is 0. The van der Waals surface area contributed by atoms with Crippen LogP contribution in [0.1, 0.15) is 19.8 Å². The van der Waals surface area contributed by atoms with Gasteiger partial charge in [0.15, 0.2) is 0 Å². The van der Waals surface area contributed by atoms with Gasteiger partial charge >= 0.3 is 11.9 Å². The molecule has 1 atom stereocenters. The minimum atomic E-state index is -0.936. The van der Waals surface area contributed by atoms with Crippen LogP contribution in [-0.2, 0) is 33.3 Å². The minimum Gasteiger partial charge on any atom is -0.469 e. The van der Waals surface area contributed by atoms with Gasteiger partial charge in [-0.25, -0.2) is 0 Å². The molecule has 0 N–H and O–H groups in total. The van der Waals surface area contributed by atoms with E-state index in [0.29, 0.717) is 6.61 Å². The van der Waals surface area contributed by atoms with Gasteiger partial charge in [0.2, 0.25) is 0 Å². The second-order valence-corrected chi connectivity index (χ2v) is 3.30. The van der Waals surface area contributed by atoms with Crippen molar-refractivity contribution in [3.05, 3.63) is 0 Å². The van der Waals surface area contributed by atoms with E-state index in [4.69, 9.17) is 14.2 Å². The van der Waals surface area contributed by atoms with Gasteiger partial charge in [-0.15, -0.1) is 0 Å². The molecule has 0 aromatic heterocycles. The van der Waals surface area contributed by atoms with Crippen LogP contribution in [0.4, 0.5) is 0 Å². The largest absolute Gasteiger partial charge is 0.469 e. The highest BCUT2D eigenvalue weighted by Crippen LogP contribution is 2.11. The molecule has 0 aromatic rings. The molecule has 0 spiro atoms. The Hall–Kier alpha value is -1.18. The van der Waals surface area contributed by atoms with Crippen LogP contribution in [0.2, 0.25) is 0 Å². The average molecular weight is 264 g/mol. The van der Waals surface area contributed by atoms with E-state index in [-0.39, 0.29) is 12.8 Å². The lowest BCUT2D eigenvalue weighted by Gasteiger charge is -2.22. The van der Waals surface area contributed by atoms with Crippen LogP contribution in [0.15, 0.2) is 0 Å². The van der Waals surface area contributed by atoms with Gasteiger partial charge in [-0.3, -0.25) is 9.59 Å². The molecule has 0 saturated carbocycles. The zero-order valence-electron chi connectivity index (χ0n) is 11.1. The van der Waals surface area contributed by atoms with Gasteiger partial charge in [0, 0.05) is 13.7 Å². The van der Waals surface area contributed by atoms with Crippen molar-refractivity contribution in [1.82, 2.24) is 0 Å². The third kappa shape index (κ3) is 7.21. The molecule has 18 heavy (non-hydrogen) atoms. The maximum absolute atomic E-state index is 11.2. The summed E-state index contributed by atoms with van der Waals surface area (Å²) in [4.78, 5) is 22.4. The second kappa shape index (κ2) is 9.81. The minimum absolute atomic E-state index is 0.0848. The highest BCUT2D eigenvalue weighted by Gasteiger charge is 2.23. The van der Waals surface area contributed by atoms with Crippen LogP contribution in [0.3, 0.4) is 0 Å². The lowest BCUT2D eigenvalue weighted by atomic mass is 10.2. The third-order valence-corrected chi connectivity index (χ3v) is 2.04. The second-order valence-electron chi connectivity index (χ2n) is 3.30.